The number of carbonyl (C=O) groups excluding carboxylic acids is 2. The lowest BCUT2D eigenvalue weighted by Gasteiger charge is -2.38. The van der Waals surface area contributed by atoms with Gasteiger partial charge in [0, 0.05) is 25.9 Å². The molecule has 0 bridgehead atoms. The third kappa shape index (κ3) is 1.20. The highest BCUT2D eigenvalue weighted by Crippen LogP contribution is 2.32. The third-order valence-corrected chi connectivity index (χ3v) is 3.69. The molecule has 3 fully saturated rings. The molecule has 0 unspecified atom stereocenters. The summed E-state index contributed by atoms with van der Waals surface area (Å²) >= 11 is 0. The van der Waals surface area contributed by atoms with Crippen molar-refractivity contribution in [3.05, 3.63) is 0 Å². The van der Waals surface area contributed by atoms with Crippen LogP contribution in [0, 0.1) is 0 Å². The molecular weight excluding hydrogens is 212 g/mol. The second kappa shape index (κ2) is 3.18. The van der Waals surface area contributed by atoms with Crippen molar-refractivity contribution in [3.63, 3.8) is 0 Å². The van der Waals surface area contributed by atoms with Crippen LogP contribution in [-0.4, -0.2) is 69.2 Å². The highest BCUT2D eigenvalue weighted by Gasteiger charge is 2.53. The van der Waals surface area contributed by atoms with E-state index in [-0.39, 0.29) is 24.9 Å². The van der Waals surface area contributed by atoms with Crippen LogP contribution < -0.4 is 0 Å². The molecule has 0 aromatic carbocycles. The lowest BCUT2D eigenvalue weighted by atomic mass is 10.1. The van der Waals surface area contributed by atoms with Crippen molar-refractivity contribution < 1.29 is 19.8 Å². The Balaban J connectivity index is 1.92. The maximum absolute atomic E-state index is 12.0. The minimum Gasteiger partial charge on any atom is -0.391 e. The van der Waals surface area contributed by atoms with E-state index in [1.165, 1.54) is 9.80 Å². The number of amides is 2. The standard InChI is InChI=1S/C10H14N2O4/c13-5-1-7-9(15)12-4-6(14)2-8(12)10(16)11(7)3-5/h5-8,13-14H,1-4H2/t5-,6-,7-,8-/m1/s1. The summed E-state index contributed by atoms with van der Waals surface area (Å²) in [4.78, 5) is 27.0. The number of hydrogen-bond donors (Lipinski definition) is 2. The van der Waals surface area contributed by atoms with Crippen LogP contribution in [0.2, 0.25) is 0 Å². The fourth-order valence-electron chi connectivity index (χ4n) is 2.97. The van der Waals surface area contributed by atoms with E-state index in [1.54, 1.807) is 0 Å². The average molecular weight is 226 g/mol. The average Bonchev–Trinajstić information content (AvgIpc) is 2.78. The van der Waals surface area contributed by atoms with Crippen molar-refractivity contribution in [2.75, 3.05) is 13.1 Å². The maximum Gasteiger partial charge on any atom is 0.246 e. The summed E-state index contributed by atoms with van der Waals surface area (Å²) in [5.74, 6) is -0.254. The second-order valence-electron chi connectivity index (χ2n) is 4.79. The number of hydrogen-bond acceptors (Lipinski definition) is 4. The molecular formula is C10H14N2O4. The van der Waals surface area contributed by atoms with Crippen LogP contribution in [-0.2, 0) is 9.59 Å². The SMILES string of the molecule is O=C1[C@H]2C[C@@H](O)CN2C(=O)[C@H]2C[C@@H](O)CN12. The normalized spacial score (nSPS) is 42.6. The van der Waals surface area contributed by atoms with Gasteiger partial charge in [0.05, 0.1) is 12.2 Å². The molecule has 2 N–H and O–H groups in total. The zero-order valence-electron chi connectivity index (χ0n) is 8.74. The van der Waals surface area contributed by atoms with Gasteiger partial charge in [-0.05, 0) is 0 Å². The Hall–Kier alpha value is -1.14. The first kappa shape index (κ1) is 10.0. The molecule has 0 saturated carbocycles. The van der Waals surface area contributed by atoms with Gasteiger partial charge in [-0.15, -0.1) is 0 Å². The topological polar surface area (TPSA) is 81.1 Å². The molecule has 3 rings (SSSR count). The zero-order chi connectivity index (χ0) is 11.4. The van der Waals surface area contributed by atoms with Crippen molar-refractivity contribution in [2.45, 2.75) is 37.1 Å². The Morgan fingerprint density at radius 3 is 1.62 bits per heavy atom. The molecule has 3 aliphatic rings. The number of fused-ring (bicyclic) bond motifs is 2. The molecule has 88 valence electrons. The third-order valence-electron chi connectivity index (χ3n) is 3.69. The quantitative estimate of drug-likeness (QED) is 0.497. The first-order chi connectivity index (χ1) is 7.58. The molecule has 4 atom stereocenters. The first-order valence-electron chi connectivity index (χ1n) is 5.55. The number of piperazine rings is 1. The number of rotatable bonds is 0. The van der Waals surface area contributed by atoms with Crippen molar-refractivity contribution >= 4 is 11.8 Å². The van der Waals surface area contributed by atoms with E-state index in [9.17, 15) is 19.8 Å². The van der Waals surface area contributed by atoms with Crippen LogP contribution in [0.4, 0.5) is 0 Å². The summed E-state index contributed by atoms with van der Waals surface area (Å²) in [6.07, 6.45) is -0.543. The van der Waals surface area contributed by atoms with E-state index in [0.717, 1.165) is 0 Å². The van der Waals surface area contributed by atoms with Gasteiger partial charge in [0.1, 0.15) is 12.1 Å². The number of nitrogens with zero attached hydrogens (tertiary/aromatic N) is 2. The molecule has 2 amide bonds. The smallest absolute Gasteiger partial charge is 0.246 e. The van der Waals surface area contributed by atoms with Gasteiger partial charge >= 0.3 is 0 Å². The van der Waals surface area contributed by atoms with Crippen LogP contribution in [0.5, 0.6) is 0 Å². The number of aliphatic hydroxyl groups excluding tert-OH is 2. The monoisotopic (exact) mass is 226 g/mol. The van der Waals surface area contributed by atoms with E-state index in [4.69, 9.17) is 0 Å². The van der Waals surface area contributed by atoms with E-state index in [1.807, 2.05) is 0 Å². The summed E-state index contributed by atoms with van der Waals surface area (Å²) in [5.41, 5.74) is 0. The molecule has 3 heterocycles. The fraction of sp³-hybridized carbons (Fsp3) is 0.800. The van der Waals surface area contributed by atoms with Crippen molar-refractivity contribution in [2.24, 2.45) is 0 Å². The van der Waals surface area contributed by atoms with Gasteiger partial charge in [-0.2, -0.15) is 0 Å². The van der Waals surface area contributed by atoms with Crippen molar-refractivity contribution in [3.8, 4) is 0 Å². The molecule has 3 saturated heterocycles. The zero-order valence-corrected chi connectivity index (χ0v) is 8.74. The first-order valence-corrected chi connectivity index (χ1v) is 5.55. The molecule has 0 aromatic rings. The highest BCUT2D eigenvalue weighted by molar-refractivity contribution is 5.98. The Kier molecular flexibility index (Phi) is 1.99. The Morgan fingerprint density at radius 1 is 0.875 bits per heavy atom. The number of aliphatic hydroxyl groups is 2. The van der Waals surface area contributed by atoms with Gasteiger partial charge in [-0.25, -0.2) is 0 Å². The van der Waals surface area contributed by atoms with Gasteiger partial charge in [-0.1, -0.05) is 0 Å². The summed E-state index contributed by atoms with van der Waals surface area (Å²) in [5, 5.41) is 19.0. The second-order valence-corrected chi connectivity index (χ2v) is 4.79. The Labute approximate surface area is 92.4 Å². The van der Waals surface area contributed by atoms with Crippen LogP contribution in [0.3, 0.4) is 0 Å². The predicted molar refractivity (Wildman–Crippen MR) is 52.2 cm³/mol. The van der Waals surface area contributed by atoms with Gasteiger partial charge < -0.3 is 20.0 Å². The van der Waals surface area contributed by atoms with E-state index in [2.05, 4.69) is 0 Å². The fourth-order valence-corrected chi connectivity index (χ4v) is 2.97. The van der Waals surface area contributed by atoms with Gasteiger partial charge in [0.2, 0.25) is 11.8 Å². The van der Waals surface area contributed by atoms with E-state index in [0.29, 0.717) is 12.8 Å². The Morgan fingerprint density at radius 2 is 1.25 bits per heavy atom. The van der Waals surface area contributed by atoms with Crippen molar-refractivity contribution in [1.82, 2.24) is 9.80 Å². The number of carbonyl (C=O) groups is 2. The molecule has 0 aromatic heterocycles. The molecule has 3 aliphatic heterocycles. The van der Waals surface area contributed by atoms with Gasteiger partial charge in [0.15, 0.2) is 0 Å². The lowest BCUT2D eigenvalue weighted by Crippen LogP contribution is -2.60. The molecule has 0 radical (unpaired) electrons. The molecule has 6 heteroatoms. The predicted octanol–water partition coefficient (Wildman–Crippen LogP) is -2.08. The highest BCUT2D eigenvalue weighted by atomic mass is 16.3. The van der Waals surface area contributed by atoms with Crippen molar-refractivity contribution in [1.29, 1.82) is 0 Å². The minimum absolute atomic E-state index is 0.127. The summed E-state index contributed by atoms with van der Waals surface area (Å²) in [7, 11) is 0. The van der Waals surface area contributed by atoms with E-state index >= 15 is 0 Å². The maximum atomic E-state index is 12.0. The minimum atomic E-state index is -0.595. The van der Waals surface area contributed by atoms with E-state index < -0.39 is 24.3 Å². The summed E-state index contributed by atoms with van der Waals surface area (Å²) in [6.45, 7) is 0.491. The molecule has 0 spiro atoms. The van der Waals surface area contributed by atoms with Crippen LogP contribution in [0.25, 0.3) is 0 Å². The lowest BCUT2D eigenvalue weighted by molar-refractivity contribution is -0.157. The summed E-state index contributed by atoms with van der Waals surface area (Å²) < 4.78 is 0. The van der Waals surface area contributed by atoms with Crippen LogP contribution in [0.1, 0.15) is 12.8 Å². The largest absolute Gasteiger partial charge is 0.391 e. The Bertz CT molecular complexity index is 297. The molecule has 16 heavy (non-hydrogen) atoms. The van der Waals surface area contributed by atoms with Gasteiger partial charge in [0.25, 0.3) is 0 Å². The van der Waals surface area contributed by atoms with Gasteiger partial charge in [-0.3, -0.25) is 9.59 Å². The molecule has 6 nitrogen and oxygen atoms in total. The summed E-state index contributed by atoms with van der Waals surface area (Å²) in [6, 6.07) is -1.02. The molecule has 0 aliphatic carbocycles. The van der Waals surface area contributed by atoms with Crippen LogP contribution in [0.15, 0.2) is 0 Å². The van der Waals surface area contributed by atoms with Crippen LogP contribution >= 0.6 is 0 Å².